The smallest absolute Gasteiger partial charge is 0.338 e. The molecule has 0 saturated carbocycles. The molecule has 0 aliphatic heterocycles. The summed E-state index contributed by atoms with van der Waals surface area (Å²) in [6.07, 6.45) is 11.4. The number of unbranched alkanes of at least 4 members (excludes halogenated alkanes) is 6. The van der Waals surface area contributed by atoms with Gasteiger partial charge >= 0.3 is 5.97 Å². The number of benzene rings is 1. The first-order valence-corrected chi connectivity index (χ1v) is 11.7. The monoisotopic (exact) mass is 390 g/mol. The van der Waals surface area contributed by atoms with Gasteiger partial charge in [0.05, 0.1) is 25.2 Å². The largest absolute Gasteiger partial charge is 0.453 e. The summed E-state index contributed by atoms with van der Waals surface area (Å²) in [5.41, 5.74) is 0.649. The topological polar surface area (TPSA) is 26.3 Å². The van der Waals surface area contributed by atoms with Crippen LogP contribution < -0.4 is 0 Å². The highest BCUT2D eigenvalue weighted by Gasteiger charge is 2.30. The zero-order valence-electron chi connectivity index (χ0n) is 18.9. The van der Waals surface area contributed by atoms with Crippen molar-refractivity contribution in [3.8, 4) is 0 Å². The summed E-state index contributed by atoms with van der Waals surface area (Å²) in [6, 6.07) is 9.38. The van der Waals surface area contributed by atoms with Crippen molar-refractivity contribution in [2.45, 2.75) is 91.6 Å². The fourth-order valence-electron chi connectivity index (χ4n) is 4.11. The molecule has 0 fully saturated rings. The zero-order chi connectivity index (χ0) is 20.7. The SMILES string of the molecule is CCCCC[N+](CCCCC)(CCCCC)CC(C)OC(=O)c1ccccc1. The van der Waals surface area contributed by atoms with Gasteiger partial charge in [-0.3, -0.25) is 0 Å². The average Bonchev–Trinajstić information content (AvgIpc) is 2.69. The van der Waals surface area contributed by atoms with Gasteiger partial charge in [-0.15, -0.1) is 0 Å². The second-order valence-corrected chi connectivity index (χ2v) is 8.40. The van der Waals surface area contributed by atoms with Crippen LogP contribution >= 0.6 is 0 Å². The van der Waals surface area contributed by atoms with Gasteiger partial charge in [-0.05, 0) is 57.6 Å². The van der Waals surface area contributed by atoms with Gasteiger partial charge in [0.1, 0.15) is 12.6 Å². The van der Waals surface area contributed by atoms with E-state index < -0.39 is 0 Å². The number of esters is 1. The molecule has 28 heavy (non-hydrogen) atoms. The molecule has 1 atom stereocenters. The molecule has 0 radical (unpaired) electrons. The first kappa shape index (κ1) is 24.7. The van der Waals surface area contributed by atoms with Crippen molar-refractivity contribution in [1.82, 2.24) is 0 Å². The number of rotatable bonds is 16. The van der Waals surface area contributed by atoms with Crippen LogP contribution in [-0.4, -0.2) is 42.7 Å². The third-order valence-corrected chi connectivity index (χ3v) is 5.67. The van der Waals surface area contributed by atoms with Crippen LogP contribution in [0.3, 0.4) is 0 Å². The van der Waals surface area contributed by atoms with E-state index in [0.29, 0.717) is 5.56 Å². The van der Waals surface area contributed by atoms with Crippen LogP contribution in [0.25, 0.3) is 0 Å². The molecule has 1 unspecified atom stereocenters. The van der Waals surface area contributed by atoms with Crippen LogP contribution in [0.15, 0.2) is 30.3 Å². The minimum Gasteiger partial charge on any atom is -0.453 e. The van der Waals surface area contributed by atoms with E-state index in [4.69, 9.17) is 4.74 Å². The van der Waals surface area contributed by atoms with Crippen molar-refractivity contribution in [2.24, 2.45) is 0 Å². The normalized spacial score (nSPS) is 12.7. The van der Waals surface area contributed by atoms with Gasteiger partial charge < -0.3 is 9.22 Å². The lowest BCUT2D eigenvalue weighted by Gasteiger charge is -2.41. The molecule has 1 aromatic carbocycles. The first-order valence-electron chi connectivity index (χ1n) is 11.7. The van der Waals surface area contributed by atoms with Crippen molar-refractivity contribution < 1.29 is 14.0 Å². The second-order valence-electron chi connectivity index (χ2n) is 8.40. The van der Waals surface area contributed by atoms with E-state index >= 15 is 0 Å². The van der Waals surface area contributed by atoms with E-state index in [-0.39, 0.29) is 12.1 Å². The molecular formula is C25H44NO2+. The number of hydrogen-bond donors (Lipinski definition) is 0. The Kier molecular flexibility index (Phi) is 12.9. The molecule has 0 N–H and O–H groups in total. The Balaban J connectivity index is 2.80. The quantitative estimate of drug-likeness (QED) is 0.180. The van der Waals surface area contributed by atoms with Crippen LogP contribution in [0.4, 0.5) is 0 Å². The van der Waals surface area contributed by atoms with Crippen LogP contribution in [0, 0.1) is 0 Å². The van der Waals surface area contributed by atoms with Crippen molar-refractivity contribution in [3.05, 3.63) is 35.9 Å². The van der Waals surface area contributed by atoms with E-state index in [2.05, 4.69) is 27.7 Å². The van der Waals surface area contributed by atoms with Gasteiger partial charge in [-0.25, -0.2) is 4.79 Å². The van der Waals surface area contributed by atoms with E-state index in [1.165, 1.54) is 77.4 Å². The molecule has 0 aromatic heterocycles. The summed E-state index contributed by atoms with van der Waals surface area (Å²) in [5.74, 6) is -0.193. The Labute approximate surface area is 174 Å². The maximum absolute atomic E-state index is 12.5. The van der Waals surface area contributed by atoms with Crippen LogP contribution in [-0.2, 0) is 4.74 Å². The molecule has 3 nitrogen and oxygen atoms in total. The molecule has 0 aliphatic rings. The summed E-state index contributed by atoms with van der Waals surface area (Å²) in [7, 11) is 0. The molecule has 0 amide bonds. The van der Waals surface area contributed by atoms with Gasteiger partial charge in [0.2, 0.25) is 0 Å². The minimum atomic E-state index is -0.193. The second kappa shape index (κ2) is 14.6. The number of nitrogens with zero attached hydrogens (tertiary/aromatic N) is 1. The summed E-state index contributed by atoms with van der Waals surface area (Å²) < 4.78 is 6.97. The van der Waals surface area contributed by atoms with E-state index in [9.17, 15) is 4.79 Å². The van der Waals surface area contributed by atoms with Gasteiger partial charge in [0.15, 0.2) is 0 Å². The van der Waals surface area contributed by atoms with Crippen molar-refractivity contribution in [2.75, 3.05) is 26.2 Å². The number of carbonyl (C=O) groups is 1. The first-order chi connectivity index (χ1) is 13.6. The standard InChI is InChI=1S/C25H44NO2/c1-5-8-14-19-26(20-15-9-6-2,21-16-10-7-3)22-23(4)28-25(27)24-17-12-11-13-18-24/h11-13,17-18,23H,5-10,14-16,19-22H2,1-4H3/q+1. The highest BCUT2D eigenvalue weighted by atomic mass is 16.5. The van der Waals surface area contributed by atoms with Crippen LogP contribution in [0.1, 0.15) is 95.8 Å². The molecule has 0 heterocycles. The zero-order valence-corrected chi connectivity index (χ0v) is 18.9. The van der Waals surface area contributed by atoms with Crippen LogP contribution in [0.2, 0.25) is 0 Å². The Morgan fingerprint density at radius 3 is 1.71 bits per heavy atom. The Bertz CT molecular complexity index is 488. The lowest BCUT2D eigenvalue weighted by Crippen LogP contribution is -2.54. The third-order valence-electron chi connectivity index (χ3n) is 5.67. The molecule has 1 aromatic rings. The number of hydrogen-bond acceptors (Lipinski definition) is 2. The van der Waals surface area contributed by atoms with E-state index in [0.717, 1.165) is 11.0 Å². The maximum atomic E-state index is 12.5. The Morgan fingerprint density at radius 2 is 1.29 bits per heavy atom. The summed E-state index contributed by atoms with van der Waals surface area (Å²) in [6.45, 7) is 13.5. The predicted molar refractivity (Wildman–Crippen MR) is 120 cm³/mol. The average molecular weight is 391 g/mol. The predicted octanol–water partition coefficient (Wildman–Crippen LogP) is 6.62. The molecule has 0 saturated heterocycles. The fourth-order valence-corrected chi connectivity index (χ4v) is 4.11. The molecule has 3 heteroatoms. The number of carbonyl (C=O) groups excluding carboxylic acids is 1. The summed E-state index contributed by atoms with van der Waals surface area (Å²) >= 11 is 0. The molecular weight excluding hydrogens is 346 g/mol. The van der Waals surface area contributed by atoms with E-state index in [1.54, 1.807) is 0 Å². The lowest BCUT2D eigenvalue weighted by molar-refractivity contribution is -0.931. The summed E-state index contributed by atoms with van der Waals surface area (Å²) in [4.78, 5) is 12.5. The highest BCUT2D eigenvalue weighted by molar-refractivity contribution is 5.89. The third kappa shape index (κ3) is 9.73. The molecule has 0 bridgehead atoms. The Morgan fingerprint density at radius 1 is 0.821 bits per heavy atom. The van der Waals surface area contributed by atoms with Crippen molar-refractivity contribution in [1.29, 1.82) is 0 Å². The fraction of sp³-hybridized carbons (Fsp3) is 0.720. The van der Waals surface area contributed by atoms with Crippen LogP contribution in [0.5, 0.6) is 0 Å². The minimum absolute atomic E-state index is 0.0578. The molecule has 0 spiro atoms. The summed E-state index contributed by atoms with van der Waals surface area (Å²) in [5, 5.41) is 0. The molecule has 0 aliphatic carbocycles. The Hall–Kier alpha value is -1.35. The van der Waals surface area contributed by atoms with Crippen molar-refractivity contribution in [3.63, 3.8) is 0 Å². The lowest BCUT2D eigenvalue weighted by atomic mass is 10.1. The molecule has 160 valence electrons. The van der Waals surface area contributed by atoms with Gasteiger partial charge in [0, 0.05) is 0 Å². The van der Waals surface area contributed by atoms with Gasteiger partial charge in [-0.1, -0.05) is 58.2 Å². The maximum Gasteiger partial charge on any atom is 0.338 e. The molecule has 1 rings (SSSR count). The number of quaternary nitrogens is 1. The highest BCUT2D eigenvalue weighted by Crippen LogP contribution is 2.19. The van der Waals surface area contributed by atoms with E-state index in [1.807, 2.05) is 30.3 Å². The number of ether oxygens (including phenoxy) is 1. The van der Waals surface area contributed by atoms with Gasteiger partial charge in [-0.2, -0.15) is 0 Å². The van der Waals surface area contributed by atoms with Gasteiger partial charge in [0.25, 0.3) is 0 Å². The van der Waals surface area contributed by atoms with Crippen molar-refractivity contribution >= 4 is 5.97 Å².